The zero-order chi connectivity index (χ0) is 15.9. The van der Waals surface area contributed by atoms with Gasteiger partial charge in [0.2, 0.25) is 5.91 Å². The van der Waals surface area contributed by atoms with Crippen LogP contribution in [0, 0.1) is 6.92 Å². The van der Waals surface area contributed by atoms with Gasteiger partial charge >= 0.3 is 5.97 Å². The van der Waals surface area contributed by atoms with E-state index >= 15 is 0 Å². The van der Waals surface area contributed by atoms with Crippen molar-refractivity contribution in [2.75, 3.05) is 13.2 Å². The molecule has 1 unspecified atom stereocenters. The lowest BCUT2D eigenvalue weighted by Crippen LogP contribution is -2.46. The van der Waals surface area contributed by atoms with Gasteiger partial charge in [0, 0.05) is 6.42 Å². The summed E-state index contributed by atoms with van der Waals surface area (Å²) in [4.78, 5) is 22.2. The minimum Gasteiger partial charge on any atom is -0.494 e. The highest BCUT2D eigenvalue weighted by Gasteiger charge is 2.30. The molecular weight excluding hydrogens is 274 g/mol. The summed E-state index contributed by atoms with van der Waals surface area (Å²) in [5, 5.41) is 20.5. The first kappa shape index (κ1) is 17.0. The third kappa shape index (κ3) is 6.27. The molecule has 0 bridgehead atoms. The van der Waals surface area contributed by atoms with Crippen molar-refractivity contribution in [3.8, 4) is 5.75 Å². The number of carboxylic acids is 1. The highest BCUT2D eigenvalue weighted by atomic mass is 16.5. The molecule has 1 aromatic rings. The van der Waals surface area contributed by atoms with Gasteiger partial charge in [-0.05, 0) is 38.0 Å². The fraction of sp³-hybridized carbons (Fsp3) is 0.467. The molecular formula is C15H21NO5. The summed E-state index contributed by atoms with van der Waals surface area (Å²) in [6.07, 6.45) is 0.719. The first-order valence-corrected chi connectivity index (χ1v) is 6.73. The van der Waals surface area contributed by atoms with E-state index in [1.807, 2.05) is 31.2 Å². The Bertz CT molecular complexity index is 499. The summed E-state index contributed by atoms with van der Waals surface area (Å²) in [7, 11) is 0. The molecule has 6 heteroatoms. The fourth-order valence-electron chi connectivity index (χ4n) is 1.56. The quantitative estimate of drug-likeness (QED) is 0.624. The van der Waals surface area contributed by atoms with E-state index < -0.39 is 11.6 Å². The van der Waals surface area contributed by atoms with Crippen molar-refractivity contribution in [1.29, 1.82) is 0 Å². The summed E-state index contributed by atoms with van der Waals surface area (Å²) >= 11 is 0. The van der Waals surface area contributed by atoms with Gasteiger partial charge in [-0.1, -0.05) is 12.1 Å². The summed E-state index contributed by atoms with van der Waals surface area (Å²) in [6, 6.07) is 7.61. The molecule has 0 fully saturated rings. The Morgan fingerprint density at radius 3 is 2.71 bits per heavy atom. The molecule has 1 aromatic carbocycles. The fourth-order valence-corrected chi connectivity index (χ4v) is 1.56. The van der Waals surface area contributed by atoms with Crippen LogP contribution in [0.5, 0.6) is 5.75 Å². The summed E-state index contributed by atoms with van der Waals surface area (Å²) in [6.45, 7) is 3.18. The molecule has 21 heavy (non-hydrogen) atoms. The van der Waals surface area contributed by atoms with E-state index in [0.29, 0.717) is 13.0 Å². The van der Waals surface area contributed by atoms with Crippen molar-refractivity contribution >= 4 is 11.9 Å². The van der Waals surface area contributed by atoms with E-state index in [1.54, 1.807) is 0 Å². The van der Waals surface area contributed by atoms with Crippen LogP contribution in [0.1, 0.15) is 25.3 Å². The SMILES string of the molecule is Cc1cccc(OCCCC(=O)NCC(C)(O)C(=O)O)c1. The smallest absolute Gasteiger partial charge is 0.337 e. The van der Waals surface area contributed by atoms with Crippen LogP contribution in [0.4, 0.5) is 0 Å². The minimum atomic E-state index is -1.95. The number of rotatable bonds is 8. The second-order valence-electron chi connectivity index (χ2n) is 5.12. The Morgan fingerprint density at radius 2 is 2.10 bits per heavy atom. The van der Waals surface area contributed by atoms with E-state index in [2.05, 4.69) is 5.32 Å². The second-order valence-corrected chi connectivity index (χ2v) is 5.12. The molecule has 0 spiro atoms. The maximum atomic E-state index is 11.5. The van der Waals surface area contributed by atoms with Crippen LogP contribution in [0.2, 0.25) is 0 Å². The third-order valence-electron chi connectivity index (χ3n) is 2.90. The molecule has 0 radical (unpaired) electrons. The highest BCUT2D eigenvalue weighted by Crippen LogP contribution is 2.12. The number of benzene rings is 1. The molecule has 0 aliphatic heterocycles. The van der Waals surface area contributed by atoms with Crippen LogP contribution in [-0.4, -0.2) is 40.8 Å². The second kappa shape index (κ2) is 7.64. The molecule has 1 amide bonds. The van der Waals surface area contributed by atoms with Crippen LogP contribution in [0.3, 0.4) is 0 Å². The van der Waals surface area contributed by atoms with E-state index in [9.17, 15) is 14.7 Å². The van der Waals surface area contributed by atoms with E-state index in [4.69, 9.17) is 9.84 Å². The Hall–Kier alpha value is -2.08. The number of carbonyl (C=O) groups is 2. The highest BCUT2D eigenvalue weighted by molar-refractivity contribution is 5.80. The van der Waals surface area contributed by atoms with Crippen molar-refractivity contribution in [3.63, 3.8) is 0 Å². The molecule has 0 saturated carbocycles. The van der Waals surface area contributed by atoms with Gasteiger partial charge in [-0.3, -0.25) is 4.79 Å². The molecule has 0 aliphatic carbocycles. The van der Waals surface area contributed by atoms with Gasteiger partial charge in [0.1, 0.15) is 5.75 Å². The number of nitrogens with one attached hydrogen (secondary N) is 1. The Labute approximate surface area is 123 Å². The zero-order valence-electron chi connectivity index (χ0n) is 12.3. The Kier molecular flexibility index (Phi) is 6.17. The largest absolute Gasteiger partial charge is 0.494 e. The summed E-state index contributed by atoms with van der Waals surface area (Å²) in [5.41, 5.74) is -0.852. The lowest BCUT2D eigenvalue weighted by atomic mass is 10.1. The van der Waals surface area contributed by atoms with Gasteiger partial charge in [0.25, 0.3) is 0 Å². The average molecular weight is 295 g/mol. The number of hydrogen-bond acceptors (Lipinski definition) is 4. The zero-order valence-corrected chi connectivity index (χ0v) is 12.3. The number of ether oxygens (including phenoxy) is 1. The monoisotopic (exact) mass is 295 g/mol. The van der Waals surface area contributed by atoms with Crippen molar-refractivity contribution < 1.29 is 24.5 Å². The van der Waals surface area contributed by atoms with Crippen LogP contribution in [-0.2, 0) is 9.59 Å². The Balaban J connectivity index is 2.21. The molecule has 0 aliphatic rings. The first-order valence-electron chi connectivity index (χ1n) is 6.73. The van der Waals surface area contributed by atoms with Crippen LogP contribution >= 0.6 is 0 Å². The molecule has 3 N–H and O–H groups in total. The molecule has 1 atom stereocenters. The Morgan fingerprint density at radius 1 is 1.38 bits per heavy atom. The number of carbonyl (C=O) groups excluding carboxylic acids is 1. The van der Waals surface area contributed by atoms with Crippen molar-refractivity contribution in [2.24, 2.45) is 0 Å². The third-order valence-corrected chi connectivity index (χ3v) is 2.90. The topological polar surface area (TPSA) is 95.9 Å². The summed E-state index contributed by atoms with van der Waals surface area (Å²) in [5.74, 6) is -0.931. The lowest BCUT2D eigenvalue weighted by molar-refractivity contribution is -0.156. The maximum Gasteiger partial charge on any atom is 0.337 e. The minimum absolute atomic E-state index is 0.210. The molecule has 6 nitrogen and oxygen atoms in total. The molecule has 116 valence electrons. The predicted molar refractivity (Wildman–Crippen MR) is 77.2 cm³/mol. The standard InChI is InChI=1S/C15H21NO5/c1-11-5-3-6-12(9-11)21-8-4-7-13(17)16-10-15(2,20)14(18)19/h3,5-6,9,20H,4,7-8,10H2,1-2H3,(H,16,17)(H,18,19). The first-order chi connectivity index (χ1) is 9.81. The molecule has 0 aromatic heterocycles. The summed E-state index contributed by atoms with van der Waals surface area (Å²) < 4.78 is 5.50. The van der Waals surface area contributed by atoms with Gasteiger partial charge in [0.05, 0.1) is 13.2 Å². The van der Waals surface area contributed by atoms with Crippen molar-refractivity contribution in [3.05, 3.63) is 29.8 Å². The van der Waals surface area contributed by atoms with Gasteiger partial charge < -0.3 is 20.3 Å². The molecule has 0 saturated heterocycles. The molecule has 1 rings (SSSR count). The van der Waals surface area contributed by atoms with Crippen molar-refractivity contribution in [2.45, 2.75) is 32.3 Å². The number of aliphatic carboxylic acids is 1. The van der Waals surface area contributed by atoms with Crippen molar-refractivity contribution in [1.82, 2.24) is 5.32 Å². The number of hydrogen-bond donors (Lipinski definition) is 3. The van der Waals surface area contributed by atoms with Gasteiger partial charge in [-0.15, -0.1) is 0 Å². The van der Waals surface area contributed by atoms with E-state index in [0.717, 1.165) is 18.2 Å². The van der Waals surface area contributed by atoms with Gasteiger partial charge in [-0.2, -0.15) is 0 Å². The average Bonchev–Trinajstić information content (AvgIpc) is 2.41. The number of carboxylic acid groups (broad SMARTS) is 1. The van der Waals surface area contributed by atoms with E-state index in [1.165, 1.54) is 0 Å². The van der Waals surface area contributed by atoms with Crippen LogP contribution in [0.25, 0.3) is 0 Å². The van der Waals surface area contributed by atoms with Crippen LogP contribution < -0.4 is 10.1 Å². The van der Waals surface area contributed by atoms with Gasteiger partial charge in [-0.25, -0.2) is 4.79 Å². The molecule has 0 heterocycles. The van der Waals surface area contributed by atoms with E-state index in [-0.39, 0.29) is 18.9 Å². The predicted octanol–water partition coefficient (Wildman–Crippen LogP) is 1.11. The number of aryl methyl sites for hydroxylation is 1. The lowest BCUT2D eigenvalue weighted by Gasteiger charge is -2.18. The normalized spacial score (nSPS) is 13.3. The number of amides is 1. The van der Waals surface area contributed by atoms with Crippen LogP contribution in [0.15, 0.2) is 24.3 Å². The van der Waals surface area contributed by atoms with Gasteiger partial charge in [0.15, 0.2) is 5.60 Å². The number of aliphatic hydroxyl groups is 1. The maximum absolute atomic E-state index is 11.5.